The molecule has 14 nitrogen and oxygen atoms in total. The first kappa shape index (κ1) is 35.6. The lowest BCUT2D eigenvalue weighted by Gasteiger charge is -2.49. The van der Waals surface area contributed by atoms with Gasteiger partial charge in [-0.3, -0.25) is 24.6 Å². The summed E-state index contributed by atoms with van der Waals surface area (Å²) < 4.78 is 21.2. The molecule has 6 aliphatic rings. The van der Waals surface area contributed by atoms with E-state index in [1.54, 1.807) is 12.1 Å². The zero-order chi connectivity index (χ0) is 38.8. The number of carbonyl (C=O) groups excluding carboxylic acids is 3. The van der Waals surface area contributed by atoms with Crippen LogP contribution in [0, 0.1) is 12.7 Å². The second kappa shape index (κ2) is 14.3. The van der Waals surface area contributed by atoms with Crippen molar-refractivity contribution in [2.24, 2.45) is 0 Å². The third kappa shape index (κ3) is 6.77. The molecule has 0 bridgehead atoms. The van der Waals surface area contributed by atoms with Crippen LogP contribution in [-0.2, 0) is 33.8 Å². The predicted molar refractivity (Wildman–Crippen MR) is 211 cm³/mol. The Labute approximate surface area is 329 Å². The molecule has 0 radical (unpaired) electrons. The number of nitrogens with zero attached hydrogens (tertiary/aromatic N) is 7. The molecule has 1 saturated carbocycles. The molecular weight excluding hydrogens is 728 g/mol. The maximum absolute atomic E-state index is 15.5. The number of amides is 3. The lowest BCUT2D eigenvalue weighted by atomic mass is 9.90. The van der Waals surface area contributed by atoms with E-state index >= 15 is 4.39 Å². The number of rotatable bonds is 8. The van der Waals surface area contributed by atoms with Crippen LogP contribution in [0.15, 0.2) is 54.9 Å². The largest absolute Gasteiger partial charge is 0.474 e. The first-order valence-electron chi connectivity index (χ1n) is 20.0. The van der Waals surface area contributed by atoms with Crippen molar-refractivity contribution in [1.82, 2.24) is 30.1 Å². The van der Waals surface area contributed by atoms with Gasteiger partial charge in [-0.25, -0.2) is 19.3 Å². The highest BCUT2D eigenvalue weighted by Gasteiger charge is 2.53. The summed E-state index contributed by atoms with van der Waals surface area (Å²) in [4.78, 5) is 60.3. The molecule has 4 fully saturated rings. The molecule has 2 aromatic heterocycles. The van der Waals surface area contributed by atoms with Crippen molar-refractivity contribution < 1.29 is 23.5 Å². The molecule has 1 unspecified atom stereocenters. The molecule has 3 saturated heterocycles. The number of hydrogen-bond donors (Lipinski definition) is 3. The summed E-state index contributed by atoms with van der Waals surface area (Å²) in [6, 6.07) is 13.9. The molecule has 2 aromatic carbocycles. The summed E-state index contributed by atoms with van der Waals surface area (Å²) >= 11 is 0. The van der Waals surface area contributed by atoms with Crippen molar-refractivity contribution in [3.8, 4) is 5.88 Å². The third-order valence-corrected chi connectivity index (χ3v) is 12.6. The van der Waals surface area contributed by atoms with Crippen LogP contribution in [0.25, 0.3) is 0 Å². The normalized spacial score (nSPS) is 23.0. The molecule has 4 aromatic rings. The van der Waals surface area contributed by atoms with Gasteiger partial charge in [0.15, 0.2) is 0 Å². The minimum absolute atomic E-state index is 0.0190. The zero-order valence-corrected chi connectivity index (χ0v) is 31.8. The van der Waals surface area contributed by atoms with Gasteiger partial charge in [0.1, 0.15) is 18.1 Å². The van der Waals surface area contributed by atoms with Gasteiger partial charge in [-0.1, -0.05) is 18.2 Å². The zero-order valence-electron chi connectivity index (χ0n) is 31.8. The number of halogens is 1. The highest BCUT2D eigenvalue weighted by molar-refractivity contribution is 6.01. The van der Waals surface area contributed by atoms with Crippen molar-refractivity contribution in [2.75, 3.05) is 66.3 Å². The minimum atomic E-state index is -0.434. The monoisotopic (exact) mass is 772 g/mol. The summed E-state index contributed by atoms with van der Waals surface area (Å²) in [6.45, 7) is 8.12. The fourth-order valence-electron chi connectivity index (χ4n) is 9.24. The number of carbonyl (C=O) groups is 3. The summed E-state index contributed by atoms with van der Waals surface area (Å²) in [7, 11) is 0. The van der Waals surface area contributed by atoms with Crippen LogP contribution in [0.3, 0.4) is 0 Å². The fourth-order valence-corrected chi connectivity index (χ4v) is 9.24. The van der Waals surface area contributed by atoms with Gasteiger partial charge in [0.2, 0.25) is 29.5 Å². The van der Waals surface area contributed by atoms with Crippen molar-refractivity contribution in [3.63, 3.8) is 0 Å². The Balaban J connectivity index is 0.716. The van der Waals surface area contributed by atoms with Gasteiger partial charge in [-0.05, 0) is 67.1 Å². The summed E-state index contributed by atoms with van der Waals surface area (Å²) in [5, 5.41) is 9.02. The van der Waals surface area contributed by atoms with Crippen molar-refractivity contribution in [2.45, 2.75) is 69.6 Å². The molecule has 1 aliphatic carbocycles. The number of aromatic nitrogens is 3. The molecule has 3 atom stereocenters. The van der Waals surface area contributed by atoms with Crippen LogP contribution in [0.2, 0.25) is 0 Å². The van der Waals surface area contributed by atoms with Crippen LogP contribution in [-0.4, -0.2) is 106 Å². The molecule has 15 heteroatoms. The van der Waals surface area contributed by atoms with E-state index in [9.17, 15) is 14.4 Å². The van der Waals surface area contributed by atoms with Gasteiger partial charge >= 0.3 is 0 Å². The number of fused-ring (bicyclic) bond motifs is 3. The van der Waals surface area contributed by atoms with Gasteiger partial charge in [-0.2, -0.15) is 0 Å². The number of ether oxygens (including phenoxy) is 1. The Bertz CT molecular complexity index is 2270. The lowest BCUT2D eigenvalue weighted by molar-refractivity contribution is -0.135. The van der Waals surface area contributed by atoms with E-state index in [0.717, 1.165) is 85.0 Å². The number of anilines is 5. The second-order valence-corrected chi connectivity index (χ2v) is 16.0. The first-order chi connectivity index (χ1) is 27.8. The van der Waals surface area contributed by atoms with Crippen molar-refractivity contribution in [3.05, 3.63) is 88.6 Å². The molecule has 0 spiro atoms. The van der Waals surface area contributed by atoms with Crippen LogP contribution >= 0.6 is 0 Å². The van der Waals surface area contributed by atoms with E-state index in [-0.39, 0.29) is 36.1 Å². The molecule has 294 valence electrons. The molecule has 10 rings (SSSR count). The van der Waals surface area contributed by atoms with Gasteiger partial charge in [0.25, 0.3) is 0 Å². The van der Waals surface area contributed by atoms with Crippen molar-refractivity contribution >= 4 is 46.4 Å². The number of piperidine rings is 1. The van der Waals surface area contributed by atoms with Gasteiger partial charge < -0.3 is 30.1 Å². The average Bonchev–Trinajstić information content (AvgIpc) is 4.00. The van der Waals surface area contributed by atoms with E-state index in [1.165, 1.54) is 6.07 Å². The summed E-state index contributed by atoms with van der Waals surface area (Å²) in [6.07, 6.45) is 6.39. The Hall–Kier alpha value is -5.83. The summed E-state index contributed by atoms with van der Waals surface area (Å²) in [5.41, 5.74) is 8.03. The van der Waals surface area contributed by atoms with Crippen LogP contribution in [0.1, 0.15) is 53.1 Å². The van der Waals surface area contributed by atoms with Gasteiger partial charge in [-0.15, -0.1) is 0 Å². The maximum Gasteiger partial charge on any atom is 0.237 e. The highest BCUT2D eigenvalue weighted by atomic mass is 19.1. The molecule has 3 amide bonds. The minimum Gasteiger partial charge on any atom is -0.474 e. The van der Waals surface area contributed by atoms with Crippen molar-refractivity contribution in [1.29, 1.82) is 0 Å². The van der Waals surface area contributed by atoms with E-state index in [4.69, 9.17) is 9.72 Å². The fraction of sp³-hybridized carbons (Fsp3) is 0.429. The molecule has 7 heterocycles. The molecule has 3 N–H and O–H groups in total. The van der Waals surface area contributed by atoms with Gasteiger partial charge in [0.05, 0.1) is 36.5 Å². The molecule has 57 heavy (non-hydrogen) atoms. The maximum atomic E-state index is 15.5. The Morgan fingerprint density at radius 1 is 1.00 bits per heavy atom. The van der Waals surface area contributed by atoms with Crippen LogP contribution < -0.4 is 30.5 Å². The van der Waals surface area contributed by atoms with E-state index in [2.05, 4.69) is 59.7 Å². The number of benzene rings is 2. The first-order valence-corrected chi connectivity index (χ1v) is 20.0. The molecule has 5 aliphatic heterocycles. The third-order valence-electron chi connectivity index (χ3n) is 12.6. The smallest absolute Gasteiger partial charge is 0.237 e. The number of pyridine rings is 1. The second-order valence-electron chi connectivity index (χ2n) is 16.0. The Morgan fingerprint density at radius 3 is 2.68 bits per heavy atom. The van der Waals surface area contributed by atoms with Gasteiger partial charge in [0, 0.05) is 86.9 Å². The molecular formula is C42H45FN10O4. The Kier molecular flexibility index (Phi) is 8.91. The average molecular weight is 773 g/mol. The lowest BCUT2D eigenvalue weighted by Crippen LogP contribution is -2.63. The topological polar surface area (TPSA) is 148 Å². The van der Waals surface area contributed by atoms with E-state index < -0.39 is 5.82 Å². The number of hydrogen-bond acceptors (Lipinski definition) is 12. The SMILES string of the molecule is Cc1c(N2CCc3cnc(Nc4ccc(CC(=O)N5CCN(C6CN(c7ccc(C8CCC(=O)NC8=O)cc7)C6)[C@H]6C[C@H]65)c(F)c4)nc3C2)cnc2c1NCCO2. The standard InChI is InChI=1S/C42H45FN10O4/c1-24-36(20-45-41-39(24)44-11-15-57-41)50-12-10-27-19-46-42(48-33(27)23-50)47-28-5-2-26(32(43)17-28)16-38(55)53-14-13-52(34-18-35(34)53)30-21-51(22-30)29-6-3-25(4-7-29)31-8-9-37(54)49-40(31)56/h2-7,17,19-20,30-31,34-35,44H,8-16,18,21-23H2,1H3,(H,46,47,48)(H,49,54,56)/t31?,34-,35+/m0/s1. The highest BCUT2D eigenvalue weighted by Crippen LogP contribution is 2.41. The van der Waals surface area contributed by atoms with E-state index in [0.29, 0.717) is 67.7 Å². The van der Waals surface area contributed by atoms with E-state index in [1.807, 2.05) is 29.4 Å². The van der Waals surface area contributed by atoms with Crippen LogP contribution in [0.4, 0.5) is 33.1 Å². The summed E-state index contributed by atoms with van der Waals surface area (Å²) in [5.74, 6) is -0.142. The number of nitrogens with one attached hydrogen (secondary N) is 3. The number of piperazine rings is 1. The quantitative estimate of drug-likeness (QED) is 0.225. The Morgan fingerprint density at radius 2 is 1.86 bits per heavy atom. The van der Waals surface area contributed by atoms with Crippen LogP contribution in [0.5, 0.6) is 5.88 Å². The number of imide groups is 1. The predicted octanol–water partition coefficient (Wildman–Crippen LogP) is 3.67.